The maximum atomic E-state index is 11.6. The highest BCUT2D eigenvalue weighted by Crippen LogP contribution is 2.29. The molecule has 2 aromatic carbocycles. The fraction of sp³-hybridized carbons (Fsp3) is 0.417. The second-order valence-electron chi connectivity index (χ2n) is 9.37. The third kappa shape index (κ3) is 22.1. The number of esters is 2. The molecule has 1 aromatic heterocycles. The highest BCUT2D eigenvalue weighted by Gasteiger charge is 2.19. The van der Waals surface area contributed by atoms with Crippen LogP contribution >= 0.6 is 34.8 Å². The van der Waals surface area contributed by atoms with Crippen molar-refractivity contribution >= 4 is 58.6 Å². The van der Waals surface area contributed by atoms with Gasteiger partial charge in [-0.3, -0.25) is 0 Å². The van der Waals surface area contributed by atoms with Crippen LogP contribution < -0.4 is 0 Å². The number of rotatable bonds is 12. The fourth-order valence-electron chi connectivity index (χ4n) is 3.37. The van der Waals surface area contributed by atoms with Crippen LogP contribution in [-0.2, 0) is 19.0 Å². The van der Waals surface area contributed by atoms with Crippen molar-refractivity contribution in [2.24, 2.45) is 5.16 Å². The molecule has 278 valence electrons. The Morgan fingerprint density at radius 2 is 1.42 bits per heavy atom. The molecule has 0 aliphatic heterocycles. The van der Waals surface area contributed by atoms with Gasteiger partial charge in [0.2, 0.25) is 0 Å². The van der Waals surface area contributed by atoms with Gasteiger partial charge < -0.3 is 28.8 Å². The predicted molar refractivity (Wildman–Crippen MR) is 203 cm³/mol. The molecule has 1 N–H and O–H groups in total. The largest absolute Gasteiger partial charge is 0.463 e. The molecular formula is C36H52Cl3N4O7+. The Balaban J connectivity index is 0. The first kappa shape index (κ1) is 48.4. The van der Waals surface area contributed by atoms with Gasteiger partial charge in [0.25, 0.3) is 0 Å². The van der Waals surface area contributed by atoms with Crippen molar-refractivity contribution in [1.82, 2.24) is 10.1 Å². The predicted octanol–water partition coefficient (Wildman–Crippen LogP) is 8.68. The molecule has 3 rings (SSSR count). The number of ether oxygens (including phenoxy) is 3. The van der Waals surface area contributed by atoms with Gasteiger partial charge in [-0.1, -0.05) is 102 Å². The number of nitrogens with zero attached hydrogens (tertiary/aromatic N) is 4. The van der Waals surface area contributed by atoms with Crippen LogP contribution in [0.25, 0.3) is 11.3 Å². The average molecular weight is 759 g/mol. The number of hydrogen-bond donors (Lipinski definition) is 1. The van der Waals surface area contributed by atoms with Gasteiger partial charge in [0.1, 0.15) is 31.3 Å². The Morgan fingerprint density at radius 1 is 0.880 bits per heavy atom. The Kier molecular flexibility index (Phi) is 30.2. The molecule has 0 saturated carbocycles. The van der Waals surface area contributed by atoms with Gasteiger partial charge in [-0.15, -0.1) is 0 Å². The molecule has 14 heteroatoms. The van der Waals surface area contributed by atoms with E-state index in [9.17, 15) is 9.59 Å². The summed E-state index contributed by atoms with van der Waals surface area (Å²) in [7, 11) is 1.73. The number of hydrogen-bond acceptors (Lipinski definition) is 10. The first-order valence-corrected chi connectivity index (χ1v) is 17.2. The lowest BCUT2D eigenvalue weighted by atomic mass is 10.1. The number of carbonyl (C=O) groups is 2. The average Bonchev–Trinajstić information content (AvgIpc) is 3.60. The number of halogens is 3. The molecular weight excluding hydrogens is 707 g/mol. The van der Waals surface area contributed by atoms with Crippen molar-refractivity contribution < 1.29 is 38.1 Å². The molecule has 50 heavy (non-hydrogen) atoms. The molecule has 0 fully saturated rings. The molecule has 0 atom stereocenters. The van der Waals surface area contributed by atoms with Gasteiger partial charge in [-0.05, 0) is 59.5 Å². The molecule has 0 aliphatic carbocycles. The van der Waals surface area contributed by atoms with Gasteiger partial charge in [0, 0.05) is 24.3 Å². The van der Waals surface area contributed by atoms with E-state index in [4.69, 9.17) is 54.0 Å². The molecule has 0 radical (unpaired) electrons. The van der Waals surface area contributed by atoms with E-state index in [2.05, 4.69) is 47.4 Å². The molecule has 1 heterocycles. The maximum absolute atomic E-state index is 11.6. The highest BCUT2D eigenvalue weighted by atomic mass is 35.5. The van der Waals surface area contributed by atoms with Crippen molar-refractivity contribution in [3.05, 3.63) is 88.2 Å². The van der Waals surface area contributed by atoms with Crippen LogP contribution in [0.4, 0.5) is 0 Å². The van der Waals surface area contributed by atoms with Crippen molar-refractivity contribution in [2.75, 3.05) is 53.1 Å². The quantitative estimate of drug-likeness (QED) is 0.0482. The third-order valence-corrected chi connectivity index (χ3v) is 6.82. The summed E-state index contributed by atoms with van der Waals surface area (Å²) in [5, 5.41) is 15.9. The van der Waals surface area contributed by atoms with Gasteiger partial charge in [0.05, 0.1) is 29.3 Å². The number of aromatic nitrogens is 1. The monoisotopic (exact) mass is 757 g/mol. The topological polar surface area (TPSA) is 127 Å². The van der Waals surface area contributed by atoms with Crippen molar-refractivity contribution in [1.29, 1.82) is 0 Å². The van der Waals surface area contributed by atoms with Crippen molar-refractivity contribution in [3.63, 3.8) is 0 Å². The summed E-state index contributed by atoms with van der Waals surface area (Å²) in [5.74, 6) is -0.804. The zero-order valence-electron chi connectivity index (χ0n) is 30.3. The number of oxime groups is 1. The summed E-state index contributed by atoms with van der Waals surface area (Å²) in [6.45, 7) is 23.5. The summed E-state index contributed by atoms with van der Waals surface area (Å²) in [6.07, 6.45) is 4.13. The second kappa shape index (κ2) is 31.3. The molecule has 3 aromatic rings. The first-order valence-electron chi connectivity index (χ1n) is 16.1. The summed E-state index contributed by atoms with van der Waals surface area (Å²) in [6, 6.07) is 14.0. The Hall–Kier alpha value is -3.74. The van der Waals surface area contributed by atoms with E-state index in [0.29, 0.717) is 40.1 Å². The van der Waals surface area contributed by atoms with Crippen molar-refractivity contribution in [3.8, 4) is 11.3 Å². The van der Waals surface area contributed by atoms with Crippen LogP contribution in [0.3, 0.4) is 0 Å². The first-order chi connectivity index (χ1) is 23.9. The lowest BCUT2D eigenvalue weighted by Gasteiger charge is -2.13. The lowest BCUT2D eigenvalue weighted by Crippen LogP contribution is -2.21. The Labute approximate surface area is 312 Å². The van der Waals surface area contributed by atoms with E-state index in [0.717, 1.165) is 13.2 Å². The van der Waals surface area contributed by atoms with Crippen LogP contribution in [0, 0.1) is 0 Å². The molecule has 0 amide bonds. The highest BCUT2D eigenvalue weighted by molar-refractivity contribution is 6.70. The molecule has 0 spiro atoms. The molecule has 0 aliphatic rings. The zero-order chi connectivity index (χ0) is 38.3. The molecule has 0 bridgehead atoms. The van der Waals surface area contributed by atoms with E-state index in [-0.39, 0.29) is 16.7 Å². The summed E-state index contributed by atoms with van der Waals surface area (Å²) in [4.78, 5) is 24.6. The Bertz CT molecular complexity index is 1420. The molecule has 0 unspecified atom stereocenters. The summed E-state index contributed by atoms with van der Waals surface area (Å²) < 4.78 is 20.7. The van der Waals surface area contributed by atoms with E-state index in [1.54, 1.807) is 63.4 Å². The van der Waals surface area contributed by atoms with E-state index >= 15 is 0 Å². The van der Waals surface area contributed by atoms with E-state index < -0.39 is 5.97 Å². The molecule has 11 nitrogen and oxygen atoms in total. The molecule has 0 saturated heterocycles. The van der Waals surface area contributed by atoms with Crippen LogP contribution in [-0.4, -0.2) is 96.8 Å². The van der Waals surface area contributed by atoms with Gasteiger partial charge in [0.15, 0.2) is 11.4 Å². The van der Waals surface area contributed by atoms with Crippen LogP contribution in [0.1, 0.15) is 64.4 Å². The SMILES string of the molecule is C=[N+](C)/C=C/C(=O)OCC.CCN(CC)CC.CCOC(=O)c1conc1-c1ccccc1Cl.CCOCC.O/N=C(\Cl)c1ccccc1Cl. The number of benzene rings is 2. The normalized spacial score (nSPS) is 10.3. The van der Waals surface area contributed by atoms with Crippen molar-refractivity contribution in [2.45, 2.75) is 48.5 Å². The Morgan fingerprint density at radius 3 is 1.84 bits per heavy atom. The smallest absolute Gasteiger partial charge is 0.343 e. The van der Waals surface area contributed by atoms with E-state index in [1.165, 1.54) is 42.7 Å². The maximum Gasteiger partial charge on any atom is 0.343 e. The van der Waals surface area contributed by atoms with Gasteiger partial charge >= 0.3 is 11.9 Å². The van der Waals surface area contributed by atoms with Crippen LogP contribution in [0.5, 0.6) is 0 Å². The minimum atomic E-state index is -0.469. The number of carbonyl (C=O) groups excluding carboxylic acids is 2. The summed E-state index contributed by atoms with van der Waals surface area (Å²) in [5.41, 5.74) is 1.85. The summed E-state index contributed by atoms with van der Waals surface area (Å²) >= 11 is 17.3. The standard InChI is InChI=1S/C12H10ClNO3.C7H5Cl2NO.C7H12NO2.C6H15N.C4H10O/c1-2-16-12(15)9-7-17-14-11(9)8-5-3-4-6-10(8)13;8-6-4-2-1-3-5(6)7(9)10-11;1-4-10-7(9)5-6-8(2)3;1-4-7(5-2)6-3;1-3-5-4-2/h3-7H,2H2,1H3;1-4,11H;5-6H,2,4H2,1,3H3;4-6H2,1-3H3;3-4H2,1-2H3/q;;+1;;/b;10-7-;6-5+;;. The van der Waals surface area contributed by atoms with Crippen LogP contribution in [0.15, 0.2) is 76.7 Å². The van der Waals surface area contributed by atoms with Gasteiger partial charge in [-0.2, -0.15) is 0 Å². The second-order valence-corrected chi connectivity index (χ2v) is 10.5. The van der Waals surface area contributed by atoms with E-state index in [1.807, 2.05) is 19.9 Å². The van der Waals surface area contributed by atoms with Gasteiger partial charge in [-0.25, -0.2) is 14.2 Å². The fourth-order valence-corrected chi connectivity index (χ4v) is 4.04. The van der Waals surface area contributed by atoms with Crippen LogP contribution in [0.2, 0.25) is 10.0 Å². The zero-order valence-corrected chi connectivity index (χ0v) is 32.6. The minimum Gasteiger partial charge on any atom is -0.463 e. The lowest BCUT2D eigenvalue weighted by molar-refractivity contribution is -0.412. The minimum absolute atomic E-state index is 0.00407. The third-order valence-electron chi connectivity index (χ3n) is 5.88.